The Kier molecular flexibility index (Phi) is 1.36. The molecule has 1 atom stereocenters. The zero-order valence-corrected chi connectivity index (χ0v) is 6.38. The van der Waals surface area contributed by atoms with Crippen LogP contribution < -0.4 is 11.5 Å². The van der Waals surface area contributed by atoms with Gasteiger partial charge >= 0.3 is 0 Å². The molecule has 0 aromatic heterocycles. The van der Waals surface area contributed by atoms with E-state index in [-0.39, 0.29) is 6.04 Å². The second-order valence-corrected chi connectivity index (χ2v) is 3.07. The van der Waals surface area contributed by atoms with E-state index >= 15 is 0 Å². The average Bonchev–Trinajstić information content (AvgIpc) is 2.34. The topological polar surface area (TPSA) is 52.0 Å². The number of nitrogen functional groups attached to an aromatic ring is 1. The van der Waals surface area contributed by atoms with Gasteiger partial charge < -0.3 is 11.5 Å². The van der Waals surface area contributed by atoms with E-state index in [1.165, 1.54) is 11.1 Å². The molecule has 2 heteroatoms. The molecule has 0 amide bonds. The van der Waals surface area contributed by atoms with Gasteiger partial charge in [0.15, 0.2) is 0 Å². The highest BCUT2D eigenvalue weighted by Crippen LogP contribution is 2.32. The Bertz CT molecular complexity index is 281. The Morgan fingerprint density at radius 3 is 2.91 bits per heavy atom. The number of fused-ring (bicyclic) bond motifs is 1. The Hall–Kier alpha value is -1.02. The van der Waals surface area contributed by atoms with Crippen LogP contribution in [0.3, 0.4) is 0 Å². The van der Waals surface area contributed by atoms with Gasteiger partial charge in [0.25, 0.3) is 0 Å². The van der Waals surface area contributed by atoms with Crippen LogP contribution in [0.25, 0.3) is 0 Å². The van der Waals surface area contributed by atoms with Gasteiger partial charge in [0, 0.05) is 11.7 Å². The number of hydrogen-bond donors (Lipinski definition) is 2. The van der Waals surface area contributed by atoms with Gasteiger partial charge in [-0.15, -0.1) is 0 Å². The molecule has 2 nitrogen and oxygen atoms in total. The van der Waals surface area contributed by atoms with Crippen molar-refractivity contribution in [2.75, 3.05) is 5.73 Å². The van der Waals surface area contributed by atoms with Crippen LogP contribution in [0.15, 0.2) is 18.2 Å². The Labute approximate surface area is 66.2 Å². The van der Waals surface area contributed by atoms with Crippen LogP contribution in [0.4, 0.5) is 5.69 Å². The second-order valence-electron chi connectivity index (χ2n) is 3.07. The molecule has 1 aliphatic carbocycles. The fourth-order valence-corrected chi connectivity index (χ4v) is 1.76. The van der Waals surface area contributed by atoms with Gasteiger partial charge in [-0.3, -0.25) is 0 Å². The predicted octanol–water partition coefficient (Wildman–Crippen LogP) is 1.21. The number of rotatable bonds is 0. The molecule has 0 radical (unpaired) electrons. The summed E-state index contributed by atoms with van der Waals surface area (Å²) in [6.07, 6.45) is 2.13. The largest absolute Gasteiger partial charge is 0.398 e. The zero-order valence-electron chi connectivity index (χ0n) is 6.38. The lowest BCUT2D eigenvalue weighted by molar-refractivity contribution is 0.715. The highest BCUT2D eigenvalue weighted by Gasteiger charge is 2.20. The molecule has 1 aliphatic rings. The van der Waals surface area contributed by atoms with Gasteiger partial charge in [0.2, 0.25) is 0 Å². The van der Waals surface area contributed by atoms with Crippen LogP contribution in [0, 0.1) is 0 Å². The van der Waals surface area contributed by atoms with E-state index in [1.807, 2.05) is 12.1 Å². The summed E-state index contributed by atoms with van der Waals surface area (Å²) in [7, 11) is 0. The normalized spacial score (nSPS) is 21.7. The predicted molar refractivity (Wildman–Crippen MR) is 46.1 cm³/mol. The number of benzene rings is 1. The van der Waals surface area contributed by atoms with Crippen LogP contribution in [0.2, 0.25) is 0 Å². The first-order valence-electron chi connectivity index (χ1n) is 3.92. The molecule has 2 rings (SSSR count). The minimum atomic E-state index is 0.172. The van der Waals surface area contributed by atoms with Crippen LogP contribution in [0.5, 0.6) is 0 Å². The fourth-order valence-electron chi connectivity index (χ4n) is 1.76. The first-order chi connectivity index (χ1) is 5.29. The lowest BCUT2D eigenvalue weighted by Gasteiger charge is -2.07. The lowest BCUT2D eigenvalue weighted by Crippen LogP contribution is -2.07. The molecule has 58 valence electrons. The molecule has 0 unspecified atom stereocenters. The van der Waals surface area contributed by atoms with E-state index < -0.39 is 0 Å². The molecule has 1 aromatic carbocycles. The molecule has 0 bridgehead atoms. The quantitative estimate of drug-likeness (QED) is 0.543. The first-order valence-corrected chi connectivity index (χ1v) is 3.92. The molecule has 1 aromatic rings. The van der Waals surface area contributed by atoms with Crippen molar-refractivity contribution in [3.63, 3.8) is 0 Å². The van der Waals surface area contributed by atoms with Crippen molar-refractivity contribution in [2.24, 2.45) is 5.73 Å². The fraction of sp³-hybridized carbons (Fsp3) is 0.333. The maximum absolute atomic E-state index is 5.87. The third kappa shape index (κ3) is 0.906. The summed E-state index contributed by atoms with van der Waals surface area (Å²) in [5.41, 5.74) is 15.0. The summed E-state index contributed by atoms with van der Waals surface area (Å²) in [5, 5.41) is 0. The maximum atomic E-state index is 5.87. The minimum Gasteiger partial charge on any atom is -0.398 e. The average molecular weight is 148 g/mol. The second kappa shape index (κ2) is 2.24. The molecule has 0 fully saturated rings. The van der Waals surface area contributed by atoms with Crippen molar-refractivity contribution in [1.82, 2.24) is 0 Å². The van der Waals surface area contributed by atoms with Crippen molar-refractivity contribution >= 4 is 5.69 Å². The highest BCUT2D eigenvalue weighted by atomic mass is 14.7. The number of anilines is 1. The van der Waals surface area contributed by atoms with Crippen molar-refractivity contribution in [3.05, 3.63) is 29.3 Å². The molecule has 0 spiro atoms. The van der Waals surface area contributed by atoms with Gasteiger partial charge in [-0.25, -0.2) is 0 Å². The van der Waals surface area contributed by atoms with Gasteiger partial charge in [0.05, 0.1) is 0 Å². The molecule has 11 heavy (non-hydrogen) atoms. The Morgan fingerprint density at radius 1 is 1.36 bits per heavy atom. The van der Waals surface area contributed by atoms with E-state index in [0.29, 0.717) is 0 Å². The number of hydrogen-bond acceptors (Lipinski definition) is 2. The van der Waals surface area contributed by atoms with E-state index in [9.17, 15) is 0 Å². The monoisotopic (exact) mass is 148 g/mol. The van der Waals surface area contributed by atoms with E-state index in [0.717, 1.165) is 18.5 Å². The van der Waals surface area contributed by atoms with Crippen LogP contribution in [-0.2, 0) is 6.42 Å². The molecule has 0 heterocycles. The summed E-state index contributed by atoms with van der Waals surface area (Å²) in [5.74, 6) is 0. The van der Waals surface area contributed by atoms with Crippen molar-refractivity contribution < 1.29 is 0 Å². The Morgan fingerprint density at radius 2 is 2.18 bits per heavy atom. The Balaban J connectivity index is 2.58. The van der Waals surface area contributed by atoms with Crippen molar-refractivity contribution in [1.29, 1.82) is 0 Å². The summed E-state index contributed by atoms with van der Waals surface area (Å²) in [6, 6.07) is 6.20. The summed E-state index contributed by atoms with van der Waals surface area (Å²) in [4.78, 5) is 0. The van der Waals surface area contributed by atoms with Gasteiger partial charge in [-0.05, 0) is 30.0 Å². The molecule has 0 saturated heterocycles. The number of aryl methyl sites for hydroxylation is 1. The molecule has 4 N–H and O–H groups in total. The summed E-state index contributed by atoms with van der Waals surface area (Å²) in [6.45, 7) is 0. The van der Waals surface area contributed by atoms with E-state index in [2.05, 4.69) is 6.07 Å². The number of nitrogens with two attached hydrogens (primary N) is 2. The van der Waals surface area contributed by atoms with Crippen molar-refractivity contribution in [3.8, 4) is 0 Å². The van der Waals surface area contributed by atoms with E-state index in [1.54, 1.807) is 0 Å². The standard InChI is InChI=1S/C9H12N2/c10-7-3-1-2-6-4-5-8(11)9(6)7/h1-3,8H,4-5,10-11H2/t8-/m0/s1. The minimum absolute atomic E-state index is 0.172. The van der Waals surface area contributed by atoms with Gasteiger partial charge in [-0.1, -0.05) is 12.1 Å². The third-order valence-corrected chi connectivity index (χ3v) is 2.33. The lowest BCUT2D eigenvalue weighted by atomic mass is 10.1. The molecular weight excluding hydrogens is 136 g/mol. The van der Waals surface area contributed by atoms with Crippen LogP contribution >= 0.6 is 0 Å². The molecular formula is C9H12N2. The van der Waals surface area contributed by atoms with Crippen LogP contribution in [0.1, 0.15) is 23.6 Å². The summed E-state index contributed by atoms with van der Waals surface area (Å²) >= 11 is 0. The van der Waals surface area contributed by atoms with E-state index in [4.69, 9.17) is 11.5 Å². The summed E-state index contributed by atoms with van der Waals surface area (Å²) < 4.78 is 0. The highest BCUT2D eigenvalue weighted by molar-refractivity contribution is 5.54. The van der Waals surface area contributed by atoms with Gasteiger partial charge in [-0.2, -0.15) is 0 Å². The van der Waals surface area contributed by atoms with Gasteiger partial charge in [0.1, 0.15) is 0 Å². The SMILES string of the molecule is Nc1cccc2c1[C@@H](N)CC2. The first kappa shape index (κ1) is 6.68. The maximum Gasteiger partial charge on any atom is 0.0365 e. The smallest absolute Gasteiger partial charge is 0.0365 e. The molecule has 0 saturated carbocycles. The third-order valence-electron chi connectivity index (χ3n) is 2.33. The zero-order chi connectivity index (χ0) is 7.84. The van der Waals surface area contributed by atoms with Crippen LogP contribution in [-0.4, -0.2) is 0 Å². The van der Waals surface area contributed by atoms with Crippen molar-refractivity contribution in [2.45, 2.75) is 18.9 Å². The molecule has 0 aliphatic heterocycles.